The zero-order valence-corrected chi connectivity index (χ0v) is 10.8. The van der Waals surface area contributed by atoms with Gasteiger partial charge in [0, 0.05) is 18.1 Å². The van der Waals surface area contributed by atoms with Crippen LogP contribution in [0.2, 0.25) is 0 Å². The molecule has 1 unspecified atom stereocenters. The monoisotopic (exact) mass is 285 g/mol. The standard InChI is InChI=1S/C12H16BrNO2/c13-7-10-4-5-11(14-8-10)9-16-12-3-1-2-6-15-12/h4-5,8,12H,1-3,6-7,9H2. The summed E-state index contributed by atoms with van der Waals surface area (Å²) in [6.45, 7) is 1.36. The Balaban J connectivity index is 1.79. The van der Waals surface area contributed by atoms with Crippen molar-refractivity contribution in [2.45, 2.75) is 37.5 Å². The minimum atomic E-state index is -0.0357. The molecule has 0 spiro atoms. The Morgan fingerprint density at radius 2 is 2.38 bits per heavy atom. The van der Waals surface area contributed by atoms with E-state index in [-0.39, 0.29) is 6.29 Å². The van der Waals surface area contributed by atoms with Gasteiger partial charge in [-0.2, -0.15) is 0 Å². The van der Waals surface area contributed by atoms with Gasteiger partial charge in [-0.15, -0.1) is 0 Å². The number of nitrogens with zero attached hydrogens (tertiary/aromatic N) is 1. The number of rotatable bonds is 4. The van der Waals surface area contributed by atoms with Gasteiger partial charge in [-0.3, -0.25) is 4.98 Å². The molecule has 0 amide bonds. The van der Waals surface area contributed by atoms with Gasteiger partial charge in [0.05, 0.1) is 12.3 Å². The molecule has 1 aliphatic heterocycles. The number of alkyl halides is 1. The van der Waals surface area contributed by atoms with Gasteiger partial charge in [0.1, 0.15) is 0 Å². The molecule has 1 aliphatic rings. The Bertz CT molecular complexity index is 309. The maximum Gasteiger partial charge on any atom is 0.158 e. The molecule has 16 heavy (non-hydrogen) atoms. The first kappa shape index (κ1) is 12.0. The first-order valence-electron chi connectivity index (χ1n) is 5.61. The van der Waals surface area contributed by atoms with E-state index in [0.29, 0.717) is 6.61 Å². The van der Waals surface area contributed by atoms with E-state index in [1.54, 1.807) is 0 Å². The van der Waals surface area contributed by atoms with E-state index in [4.69, 9.17) is 9.47 Å². The highest BCUT2D eigenvalue weighted by atomic mass is 79.9. The summed E-state index contributed by atoms with van der Waals surface area (Å²) in [6.07, 6.45) is 5.18. The summed E-state index contributed by atoms with van der Waals surface area (Å²) in [4.78, 5) is 4.32. The summed E-state index contributed by atoms with van der Waals surface area (Å²) in [5.41, 5.74) is 2.14. The van der Waals surface area contributed by atoms with Crippen molar-refractivity contribution in [3.05, 3.63) is 29.6 Å². The average molecular weight is 286 g/mol. The minimum absolute atomic E-state index is 0.0357. The Hall–Kier alpha value is -0.450. The lowest BCUT2D eigenvalue weighted by Crippen LogP contribution is -2.22. The summed E-state index contributed by atoms with van der Waals surface area (Å²) >= 11 is 3.39. The van der Waals surface area contributed by atoms with Crippen LogP contribution in [0.15, 0.2) is 18.3 Å². The minimum Gasteiger partial charge on any atom is -0.353 e. The number of ether oxygens (including phenoxy) is 2. The normalized spacial score (nSPS) is 20.9. The van der Waals surface area contributed by atoms with Gasteiger partial charge < -0.3 is 9.47 Å². The third-order valence-electron chi connectivity index (χ3n) is 2.60. The van der Waals surface area contributed by atoms with Gasteiger partial charge >= 0.3 is 0 Å². The van der Waals surface area contributed by atoms with Crippen molar-refractivity contribution in [2.75, 3.05) is 6.61 Å². The summed E-state index contributed by atoms with van der Waals surface area (Å²) in [7, 11) is 0. The maximum atomic E-state index is 5.65. The van der Waals surface area contributed by atoms with Crippen LogP contribution in [0.4, 0.5) is 0 Å². The molecular weight excluding hydrogens is 270 g/mol. The molecule has 1 aromatic rings. The largest absolute Gasteiger partial charge is 0.353 e. The van der Waals surface area contributed by atoms with Crippen molar-refractivity contribution in [3.63, 3.8) is 0 Å². The molecular formula is C12H16BrNO2. The molecule has 1 atom stereocenters. The Morgan fingerprint density at radius 1 is 1.44 bits per heavy atom. The predicted molar refractivity (Wildman–Crippen MR) is 65.2 cm³/mol. The number of hydrogen-bond acceptors (Lipinski definition) is 3. The lowest BCUT2D eigenvalue weighted by molar-refractivity contribution is -0.169. The average Bonchev–Trinajstić information content (AvgIpc) is 2.38. The maximum absolute atomic E-state index is 5.65. The van der Waals surface area contributed by atoms with Gasteiger partial charge in [0.15, 0.2) is 6.29 Å². The van der Waals surface area contributed by atoms with Crippen molar-refractivity contribution in [2.24, 2.45) is 0 Å². The van der Waals surface area contributed by atoms with Gasteiger partial charge in [-0.05, 0) is 30.9 Å². The molecule has 1 saturated heterocycles. The van der Waals surface area contributed by atoms with Crippen LogP contribution in [0.25, 0.3) is 0 Å². The molecule has 1 fully saturated rings. The fourth-order valence-electron chi connectivity index (χ4n) is 1.64. The molecule has 88 valence electrons. The van der Waals surface area contributed by atoms with E-state index in [2.05, 4.69) is 27.0 Å². The van der Waals surface area contributed by atoms with Gasteiger partial charge in [0.2, 0.25) is 0 Å². The van der Waals surface area contributed by atoms with E-state index in [1.807, 2.05) is 12.3 Å². The molecule has 4 heteroatoms. The smallest absolute Gasteiger partial charge is 0.158 e. The molecule has 0 aliphatic carbocycles. The lowest BCUT2D eigenvalue weighted by Gasteiger charge is -2.22. The number of pyridine rings is 1. The van der Waals surface area contributed by atoms with Crippen LogP contribution in [0.3, 0.4) is 0 Å². The Labute approximate surface area is 104 Å². The molecule has 0 bridgehead atoms. The molecule has 2 heterocycles. The van der Waals surface area contributed by atoms with E-state index >= 15 is 0 Å². The second-order valence-corrected chi connectivity index (χ2v) is 4.46. The van der Waals surface area contributed by atoms with Gasteiger partial charge in [-0.1, -0.05) is 22.0 Å². The molecule has 0 radical (unpaired) electrons. The van der Waals surface area contributed by atoms with Crippen LogP contribution in [0, 0.1) is 0 Å². The molecule has 0 N–H and O–H groups in total. The van der Waals surface area contributed by atoms with E-state index < -0.39 is 0 Å². The molecule has 0 aromatic carbocycles. The van der Waals surface area contributed by atoms with Crippen LogP contribution in [0.1, 0.15) is 30.5 Å². The zero-order valence-electron chi connectivity index (χ0n) is 9.19. The third kappa shape index (κ3) is 3.54. The van der Waals surface area contributed by atoms with E-state index in [1.165, 1.54) is 12.0 Å². The summed E-state index contributed by atoms with van der Waals surface area (Å²) in [5, 5.41) is 0.840. The van der Waals surface area contributed by atoms with E-state index in [0.717, 1.165) is 30.5 Å². The number of hydrogen-bond donors (Lipinski definition) is 0. The predicted octanol–water partition coefficient (Wildman–Crippen LogP) is 3.02. The fourth-order valence-corrected chi connectivity index (χ4v) is 1.97. The Morgan fingerprint density at radius 3 is 3.00 bits per heavy atom. The molecule has 2 rings (SSSR count). The van der Waals surface area contributed by atoms with Crippen LogP contribution in [0.5, 0.6) is 0 Å². The molecule has 1 aromatic heterocycles. The highest BCUT2D eigenvalue weighted by molar-refractivity contribution is 9.08. The topological polar surface area (TPSA) is 31.4 Å². The third-order valence-corrected chi connectivity index (χ3v) is 3.24. The summed E-state index contributed by atoms with van der Waals surface area (Å²) in [5.74, 6) is 0. The first-order valence-corrected chi connectivity index (χ1v) is 6.73. The fraction of sp³-hybridized carbons (Fsp3) is 0.583. The van der Waals surface area contributed by atoms with Gasteiger partial charge in [-0.25, -0.2) is 0 Å². The Kier molecular flexibility index (Phi) is 4.75. The van der Waals surface area contributed by atoms with Crippen molar-refractivity contribution in [1.29, 1.82) is 0 Å². The van der Waals surface area contributed by atoms with Crippen LogP contribution in [-0.4, -0.2) is 17.9 Å². The lowest BCUT2D eigenvalue weighted by atomic mass is 10.2. The van der Waals surface area contributed by atoms with Crippen molar-refractivity contribution in [1.82, 2.24) is 4.98 Å². The second-order valence-electron chi connectivity index (χ2n) is 3.90. The van der Waals surface area contributed by atoms with Crippen LogP contribution >= 0.6 is 15.9 Å². The van der Waals surface area contributed by atoms with Crippen molar-refractivity contribution < 1.29 is 9.47 Å². The van der Waals surface area contributed by atoms with E-state index in [9.17, 15) is 0 Å². The first-order chi connectivity index (χ1) is 7.88. The highest BCUT2D eigenvalue weighted by Gasteiger charge is 2.13. The quantitative estimate of drug-likeness (QED) is 0.797. The summed E-state index contributed by atoms with van der Waals surface area (Å²) in [6, 6.07) is 4.06. The second kappa shape index (κ2) is 6.33. The summed E-state index contributed by atoms with van der Waals surface area (Å²) < 4.78 is 11.1. The number of halogens is 1. The van der Waals surface area contributed by atoms with Crippen molar-refractivity contribution in [3.8, 4) is 0 Å². The zero-order chi connectivity index (χ0) is 11.2. The van der Waals surface area contributed by atoms with Gasteiger partial charge in [0.25, 0.3) is 0 Å². The van der Waals surface area contributed by atoms with Crippen LogP contribution < -0.4 is 0 Å². The SMILES string of the molecule is BrCc1ccc(COC2CCCCO2)nc1. The molecule has 0 saturated carbocycles. The van der Waals surface area contributed by atoms with Crippen LogP contribution in [-0.2, 0) is 21.4 Å². The molecule has 3 nitrogen and oxygen atoms in total. The van der Waals surface area contributed by atoms with Crippen molar-refractivity contribution >= 4 is 15.9 Å². The highest BCUT2D eigenvalue weighted by Crippen LogP contribution is 2.15. The number of aromatic nitrogens is 1.